The van der Waals surface area contributed by atoms with Gasteiger partial charge in [0.15, 0.2) is 10.9 Å². The van der Waals surface area contributed by atoms with Gasteiger partial charge in [-0.2, -0.15) is 5.10 Å². The van der Waals surface area contributed by atoms with Crippen LogP contribution in [0.3, 0.4) is 0 Å². The van der Waals surface area contributed by atoms with Gasteiger partial charge in [0.1, 0.15) is 0 Å². The number of aromatic nitrogens is 3. The van der Waals surface area contributed by atoms with Gasteiger partial charge in [0.2, 0.25) is 4.77 Å². The molecule has 0 unspecified atom stereocenters. The first-order valence-electron chi connectivity index (χ1n) is 8.26. The smallest absolute Gasteiger partial charge is 0.215 e. The van der Waals surface area contributed by atoms with E-state index in [-0.39, 0.29) is 5.41 Å². The molecule has 26 heavy (non-hydrogen) atoms. The molecular formula is C19H21N5S2. The molecule has 0 saturated carbocycles. The van der Waals surface area contributed by atoms with Crippen molar-refractivity contribution in [3.05, 3.63) is 64.9 Å². The molecule has 0 atom stereocenters. The number of hydrogen-bond donors (Lipinski definition) is 3. The van der Waals surface area contributed by atoms with Crippen molar-refractivity contribution in [2.24, 2.45) is 0 Å². The highest BCUT2D eigenvalue weighted by Crippen LogP contribution is 2.25. The Morgan fingerprint density at radius 3 is 2.31 bits per heavy atom. The quantitative estimate of drug-likeness (QED) is 0.565. The lowest BCUT2D eigenvalue weighted by atomic mass is 9.87. The van der Waals surface area contributed by atoms with Gasteiger partial charge < -0.3 is 5.32 Å². The topological polar surface area (TPSA) is 57.7 Å². The van der Waals surface area contributed by atoms with Crippen LogP contribution in [0.4, 0.5) is 5.69 Å². The molecule has 1 heterocycles. The molecule has 7 heteroatoms. The van der Waals surface area contributed by atoms with E-state index in [1.54, 1.807) is 4.68 Å². The largest absolute Gasteiger partial charge is 0.331 e. The summed E-state index contributed by atoms with van der Waals surface area (Å²) in [6.07, 6.45) is 0. The van der Waals surface area contributed by atoms with E-state index in [0.717, 1.165) is 11.3 Å². The summed E-state index contributed by atoms with van der Waals surface area (Å²) >= 11 is 10.7. The molecule has 3 rings (SSSR count). The van der Waals surface area contributed by atoms with Gasteiger partial charge in [-0.25, -0.2) is 9.77 Å². The summed E-state index contributed by atoms with van der Waals surface area (Å²) in [5.41, 5.74) is 6.29. The Bertz CT molecular complexity index is 950. The monoisotopic (exact) mass is 383 g/mol. The van der Waals surface area contributed by atoms with Crippen molar-refractivity contribution >= 4 is 35.2 Å². The maximum atomic E-state index is 5.39. The molecule has 0 spiro atoms. The van der Waals surface area contributed by atoms with Crippen molar-refractivity contribution in [1.82, 2.24) is 14.9 Å². The van der Waals surface area contributed by atoms with Crippen LogP contribution in [0.15, 0.2) is 54.6 Å². The van der Waals surface area contributed by atoms with E-state index < -0.39 is 0 Å². The Morgan fingerprint density at radius 1 is 1.04 bits per heavy atom. The lowest BCUT2D eigenvalue weighted by Gasteiger charge is -2.19. The summed E-state index contributed by atoms with van der Waals surface area (Å²) in [4.78, 5) is 0. The van der Waals surface area contributed by atoms with E-state index in [2.05, 4.69) is 53.8 Å². The van der Waals surface area contributed by atoms with Crippen molar-refractivity contribution in [3.8, 4) is 11.4 Å². The molecule has 5 nitrogen and oxygen atoms in total. The van der Waals surface area contributed by atoms with Gasteiger partial charge in [-0.1, -0.05) is 63.2 Å². The molecule has 3 aromatic rings. The van der Waals surface area contributed by atoms with Crippen LogP contribution in [0.25, 0.3) is 11.4 Å². The second-order valence-electron chi connectivity index (χ2n) is 6.95. The molecule has 2 aromatic carbocycles. The zero-order valence-corrected chi connectivity index (χ0v) is 16.5. The summed E-state index contributed by atoms with van der Waals surface area (Å²) in [6.45, 7) is 6.56. The highest BCUT2D eigenvalue weighted by molar-refractivity contribution is 7.80. The first-order valence-corrected chi connectivity index (χ1v) is 9.07. The number of hydrogen-bond acceptors (Lipinski definition) is 3. The normalized spacial score (nSPS) is 11.2. The molecule has 0 aliphatic rings. The van der Waals surface area contributed by atoms with Crippen LogP contribution in [-0.2, 0) is 5.41 Å². The summed E-state index contributed by atoms with van der Waals surface area (Å²) in [7, 11) is 0. The number of H-pyrrole nitrogens is 1. The average Bonchev–Trinajstić information content (AvgIpc) is 2.96. The summed E-state index contributed by atoms with van der Waals surface area (Å²) in [6, 6.07) is 18.0. The van der Waals surface area contributed by atoms with Gasteiger partial charge in [0, 0.05) is 11.3 Å². The number of para-hydroxylation sites is 1. The van der Waals surface area contributed by atoms with E-state index >= 15 is 0 Å². The zero-order chi connectivity index (χ0) is 18.7. The standard InChI is InChI=1S/C19H21N5S2/c1-19(2,3)14-11-9-13(10-12-14)16-21-22-18(26)24(16)23-17(25)20-15-7-5-4-6-8-15/h4-12H,1-3H3,(H,22,26)(H2,20,23,25). The lowest BCUT2D eigenvalue weighted by Crippen LogP contribution is -2.28. The van der Waals surface area contributed by atoms with Crippen LogP contribution in [0.2, 0.25) is 0 Å². The lowest BCUT2D eigenvalue weighted by molar-refractivity contribution is 0.590. The van der Waals surface area contributed by atoms with Crippen LogP contribution in [-0.4, -0.2) is 20.0 Å². The Balaban J connectivity index is 1.83. The van der Waals surface area contributed by atoms with Crippen molar-refractivity contribution in [2.45, 2.75) is 26.2 Å². The van der Waals surface area contributed by atoms with Crippen molar-refractivity contribution < 1.29 is 0 Å². The SMILES string of the molecule is CC(C)(C)c1ccc(-c2n[nH]c(=S)n2NC(=S)Nc2ccccc2)cc1. The first kappa shape index (κ1) is 18.3. The predicted molar refractivity (Wildman–Crippen MR) is 114 cm³/mol. The van der Waals surface area contributed by atoms with Gasteiger partial charge >= 0.3 is 0 Å². The molecule has 0 aliphatic heterocycles. The van der Waals surface area contributed by atoms with Crippen molar-refractivity contribution in [3.63, 3.8) is 0 Å². The highest BCUT2D eigenvalue weighted by Gasteiger charge is 2.15. The van der Waals surface area contributed by atoms with Crippen LogP contribution in [0.5, 0.6) is 0 Å². The number of thiocarbonyl (C=S) groups is 1. The summed E-state index contributed by atoms with van der Waals surface area (Å²) in [5.74, 6) is 0.674. The molecule has 134 valence electrons. The molecule has 0 radical (unpaired) electrons. The van der Waals surface area contributed by atoms with E-state index in [1.807, 2.05) is 42.5 Å². The number of benzene rings is 2. The fourth-order valence-corrected chi connectivity index (χ4v) is 2.88. The van der Waals surface area contributed by atoms with Gasteiger partial charge in [0.25, 0.3) is 0 Å². The van der Waals surface area contributed by atoms with Crippen LogP contribution in [0.1, 0.15) is 26.3 Å². The highest BCUT2D eigenvalue weighted by atomic mass is 32.1. The average molecular weight is 384 g/mol. The van der Waals surface area contributed by atoms with Crippen molar-refractivity contribution in [1.29, 1.82) is 0 Å². The predicted octanol–water partition coefficient (Wildman–Crippen LogP) is 4.85. The molecule has 0 amide bonds. The first-order chi connectivity index (χ1) is 12.3. The molecular weight excluding hydrogens is 362 g/mol. The molecule has 0 saturated heterocycles. The minimum atomic E-state index is 0.0999. The van der Waals surface area contributed by atoms with Crippen molar-refractivity contribution in [2.75, 3.05) is 10.7 Å². The summed E-state index contributed by atoms with van der Waals surface area (Å²) in [5, 5.41) is 10.7. The Hall–Kier alpha value is -2.51. The molecule has 0 fully saturated rings. The minimum absolute atomic E-state index is 0.0999. The molecule has 3 N–H and O–H groups in total. The second-order valence-corrected chi connectivity index (χ2v) is 7.74. The number of nitrogens with zero attached hydrogens (tertiary/aromatic N) is 2. The van der Waals surface area contributed by atoms with Crippen LogP contribution < -0.4 is 10.7 Å². The van der Waals surface area contributed by atoms with Crippen LogP contribution in [0, 0.1) is 4.77 Å². The maximum Gasteiger partial charge on any atom is 0.215 e. The Morgan fingerprint density at radius 2 is 1.69 bits per heavy atom. The zero-order valence-electron chi connectivity index (χ0n) is 14.9. The molecule has 0 bridgehead atoms. The molecule has 0 aliphatic carbocycles. The second kappa shape index (κ2) is 7.39. The number of nitrogens with one attached hydrogen (secondary N) is 3. The Kier molecular flexibility index (Phi) is 5.20. The number of aromatic amines is 1. The fourth-order valence-electron chi connectivity index (χ4n) is 2.50. The molecule has 1 aromatic heterocycles. The Labute approximate surface area is 163 Å². The number of anilines is 1. The summed E-state index contributed by atoms with van der Waals surface area (Å²) < 4.78 is 2.11. The van der Waals surface area contributed by atoms with Gasteiger partial charge in [0.05, 0.1) is 0 Å². The third kappa shape index (κ3) is 4.17. The van der Waals surface area contributed by atoms with E-state index in [4.69, 9.17) is 24.4 Å². The van der Waals surface area contributed by atoms with Gasteiger partial charge in [-0.05, 0) is 47.5 Å². The third-order valence-electron chi connectivity index (χ3n) is 3.93. The third-order valence-corrected chi connectivity index (χ3v) is 4.39. The van der Waals surface area contributed by atoms with Crippen LogP contribution >= 0.6 is 24.4 Å². The van der Waals surface area contributed by atoms with Gasteiger partial charge in [-0.3, -0.25) is 5.43 Å². The van der Waals surface area contributed by atoms with E-state index in [9.17, 15) is 0 Å². The maximum absolute atomic E-state index is 5.39. The van der Waals surface area contributed by atoms with Gasteiger partial charge in [-0.15, -0.1) is 0 Å². The minimum Gasteiger partial charge on any atom is -0.331 e. The number of rotatable bonds is 3. The van der Waals surface area contributed by atoms with E-state index in [0.29, 0.717) is 15.7 Å². The fraction of sp³-hybridized carbons (Fsp3) is 0.211. The van der Waals surface area contributed by atoms with E-state index in [1.165, 1.54) is 5.56 Å².